The number of ether oxygens (including phenoxy) is 1. The SMILES string of the molecule is Cn1c(=O)oc2ccc(C(=O)N[C@H]3COC[C@@H]3N3CCCC3)cc21. The van der Waals surface area contributed by atoms with E-state index in [2.05, 4.69) is 10.2 Å². The van der Waals surface area contributed by atoms with Gasteiger partial charge in [0, 0.05) is 12.6 Å². The molecule has 1 aromatic carbocycles. The van der Waals surface area contributed by atoms with Crippen LogP contribution in [0.2, 0.25) is 0 Å². The van der Waals surface area contributed by atoms with Crippen LogP contribution in [0.15, 0.2) is 27.4 Å². The van der Waals surface area contributed by atoms with Crippen LogP contribution in [0.4, 0.5) is 0 Å². The molecule has 0 aliphatic carbocycles. The Morgan fingerprint density at radius 1 is 1.25 bits per heavy atom. The quantitative estimate of drug-likeness (QED) is 0.897. The smallest absolute Gasteiger partial charge is 0.408 e. The summed E-state index contributed by atoms with van der Waals surface area (Å²) in [5, 5.41) is 3.09. The molecule has 2 atom stereocenters. The first-order valence-corrected chi connectivity index (χ1v) is 8.36. The third-order valence-electron chi connectivity index (χ3n) is 5.03. The topological polar surface area (TPSA) is 76.7 Å². The fraction of sp³-hybridized carbons (Fsp3) is 0.529. The molecule has 0 unspecified atom stereocenters. The number of amides is 1. The summed E-state index contributed by atoms with van der Waals surface area (Å²) in [6.07, 6.45) is 2.42. The summed E-state index contributed by atoms with van der Waals surface area (Å²) in [6.45, 7) is 3.35. The van der Waals surface area contributed by atoms with E-state index in [-0.39, 0.29) is 18.0 Å². The number of carbonyl (C=O) groups excluding carboxylic acids is 1. The molecule has 2 saturated heterocycles. The van der Waals surface area contributed by atoms with Gasteiger partial charge in [-0.3, -0.25) is 14.3 Å². The molecule has 2 aliphatic rings. The Balaban J connectivity index is 1.53. The highest BCUT2D eigenvalue weighted by atomic mass is 16.5. The van der Waals surface area contributed by atoms with Crippen molar-refractivity contribution in [1.29, 1.82) is 0 Å². The van der Waals surface area contributed by atoms with Gasteiger partial charge in [0.05, 0.1) is 30.8 Å². The maximum atomic E-state index is 12.6. The second-order valence-corrected chi connectivity index (χ2v) is 6.54. The molecule has 0 radical (unpaired) electrons. The van der Waals surface area contributed by atoms with Gasteiger partial charge >= 0.3 is 5.76 Å². The third-order valence-corrected chi connectivity index (χ3v) is 5.03. The fourth-order valence-electron chi connectivity index (χ4n) is 3.63. The number of hydrogen-bond donors (Lipinski definition) is 1. The molecule has 1 amide bonds. The highest BCUT2D eigenvalue weighted by molar-refractivity contribution is 5.97. The Hall–Kier alpha value is -2.12. The van der Waals surface area contributed by atoms with Crippen molar-refractivity contribution in [2.75, 3.05) is 26.3 Å². The van der Waals surface area contributed by atoms with Crippen LogP contribution >= 0.6 is 0 Å². The lowest BCUT2D eigenvalue weighted by molar-refractivity contribution is 0.0916. The molecule has 7 heteroatoms. The average Bonchev–Trinajstić information content (AvgIpc) is 3.29. The van der Waals surface area contributed by atoms with Gasteiger partial charge in [0.25, 0.3) is 5.91 Å². The van der Waals surface area contributed by atoms with Crippen LogP contribution in [0.3, 0.4) is 0 Å². The van der Waals surface area contributed by atoms with Crippen LogP contribution < -0.4 is 11.1 Å². The van der Waals surface area contributed by atoms with E-state index < -0.39 is 5.76 Å². The van der Waals surface area contributed by atoms with Crippen molar-refractivity contribution in [3.05, 3.63) is 34.3 Å². The van der Waals surface area contributed by atoms with E-state index in [1.54, 1.807) is 25.2 Å². The lowest BCUT2D eigenvalue weighted by Gasteiger charge is -2.27. The Morgan fingerprint density at radius 2 is 2.04 bits per heavy atom. The number of likely N-dealkylation sites (tertiary alicyclic amines) is 1. The molecular formula is C17H21N3O4. The Bertz CT molecular complexity index is 819. The number of nitrogens with one attached hydrogen (secondary N) is 1. The Labute approximate surface area is 139 Å². The van der Waals surface area contributed by atoms with Crippen LogP contribution in [0, 0.1) is 0 Å². The van der Waals surface area contributed by atoms with Crippen LogP contribution in [0.5, 0.6) is 0 Å². The van der Waals surface area contributed by atoms with Gasteiger partial charge < -0.3 is 14.5 Å². The van der Waals surface area contributed by atoms with E-state index >= 15 is 0 Å². The summed E-state index contributed by atoms with van der Waals surface area (Å²) < 4.78 is 12.1. The lowest BCUT2D eigenvalue weighted by atomic mass is 10.1. The zero-order valence-corrected chi connectivity index (χ0v) is 13.7. The number of benzene rings is 1. The second-order valence-electron chi connectivity index (χ2n) is 6.54. The van der Waals surface area contributed by atoms with Crippen molar-refractivity contribution in [2.45, 2.75) is 24.9 Å². The van der Waals surface area contributed by atoms with E-state index in [0.717, 1.165) is 13.1 Å². The maximum Gasteiger partial charge on any atom is 0.419 e. The van der Waals surface area contributed by atoms with E-state index in [9.17, 15) is 9.59 Å². The van der Waals surface area contributed by atoms with Gasteiger partial charge in [-0.25, -0.2) is 4.79 Å². The van der Waals surface area contributed by atoms with Crippen molar-refractivity contribution in [3.63, 3.8) is 0 Å². The molecule has 0 bridgehead atoms. The first-order chi connectivity index (χ1) is 11.6. The highest BCUT2D eigenvalue weighted by Crippen LogP contribution is 2.20. The fourth-order valence-corrected chi connectivity index (χ4v) is 3.63. The normalized spacial score (nSPS) is 24.7. The molecule has 24 heavy (non-hydrogen) atoms. The molecule has 2 aromatic rings. The van der Waals surface area contributed by atoms with Crippen LogP contribution in [-0.4, -0.2) is 53.8 Å². The first-order valence-electron chi connectivity index (χ1n) is 8.36. The summed E-state index contributed by atoms with van der Waals surface area (Å²) >= 11 is 0. The number of fused-ring (bicyclic) bond motifs is 1. The molecule has 2 fully saturated rings. The van der Waals surface area contributed by atoms with E-state index in [1.807, 2.05) is 0 Å². The standard InChI is InChI=1S/C17H21N3O4/c1-19-13-8-11(4-5-15(13)24-17(19)22)16(21)18-12-9-23-10-14(12)20-6-2-3-7-20/h4-5,8,12,14H,2-3,6-7,9-10H2,1H3,(H,18,21)/t12-,14-/m0/s1. The van der Waals surface area contributed by atoms with Crippen molar-refractivity contribution in [3.8, 4) is 0 Å². The average molecular weight is 331 g/mol. The number of carbonyl (C=O) groups is 1. The molecule has 1 aromatic heterocycles. The molecule has 4 rings (SSSR count). The van der Waals surface area contributed by atoms with Gasteiger partial charge in [0.15, 0.2) is 5.58 Å². The zero-order chi connectivity index (χ0) is 16.7. The number of hydrogen-bond acceptors (Lipinski definition) is 5. The third kappa shape index (κ3) is 2.63. The predicted molar refractivity (Wildman–Crippen MR) is 88.1 cm³/mol. The number of aryl methyl sites for hydroxylation is 1. The van der Waals surface area contributed by atoms with Crippen molar-refractivity contribution in [2.24, 2.45) is 7.05 Å². The summed E-state index contributed by atoms with van der Waals surface area (Å²) in [5.74, 6) is -0.578. The van der Waals surface area contributed by atoms with Gasteiger partial charge in [0.2, 0.25) is 0 Å². The monoisotopic (exact) mass is 331 g/mol. The van der Waals surface area contributed by atoms with Crippen LogP contribution in [-0.2, 0) is 11.8 Å². The highest BCUT2D eigenvalue weighted by Gasteiger charge is 2.35. The van der Waals surface area contributed by atoms with E-state index in [1.165, 1.54) is 17.4 Å². The molecule has 7 nitrogen and oxygen atoms in total. The van der Waals surface area contributed by atoms with Gasteiger partial charge in [-0.15, -0.1) is 0 Å². The zero-order valence-electron chi connectivity index (χ0n) is 13.7. The van der Waals surface area contributed by atoms with Crippen LogP contribution in [0.25, 0.3) is 11.1 Å². The molecule has 1 N–H and O–H groups in total. The van der Waals surface area contributed by atoms with E-state index in [0.29, 0.717) is 29.9 Å². The van der Waals surface area contributed by atoms with Crippen molar-refractivity contribution >= 4 is 17.0 Å². The summed E-state index contributed by atoms with van der Waals surface area (Å²) in [6, 6.07) is 5.28. The number of nitrogens with zero attached hydrogens (tertiary/aromatic N) is 2. The minimum absolute atomic E-state index is 0.000494. The number of aromatic nitrogens is 1. The predicted octanol–water partition coefficient (Wildman–Crippen LogP) is 0.724. The minimum Gasteiger partial charge on any atom is -0.408 e. The molecular weight excluding hydrogens is 310 g/mol. The first kappa shape index (κ1) is 15.4. The van der Waals surface area contributed by atoms with Gasteiger partial charge in [-0.2, -0.15) is 0 Å². The maximum absolute atomic E-state index is 12.6. The molecule has 0 spiro atoms. The summed E-state index contributed by atoms with van der Waals surface area (Å²) in [4.78, 5) is 26.6. The molecule has 3 heterocycles. The Kier molecular flexibility index (Phi) is 3.90. The second kappa shape index (κ2) is 6.07. The van der Waals surface area contributed by atoms with Gasteiger partial charge in [0.1, 0.15) is 0 Å². The van der Waals surface area contributed by atoms with Crippen molar-refractivity contribution < 1.29 is 13.9 Å². The van der Waals surface area contributed by atoms with Crippen molar-refractivity contribution in [1.82, 2.24) is 14.8 Å². The minimum atomic E-state index is -0.430. The summed E-state index contributed by atoms with van der Waals surface area (Å²) in [7, 11) is 1.63. The molecule has 128 valence electrons. The largest absolute Gasteiger partial charge is 0.419 e. The lowest BCUT2D eigenvalue weighted by Crippen LogP contribution is -2.50. The van der Waals surface area contributed by atoms with Gasteiger partial charge in [-0.1, -0.05) is 0 Å². The summed E-state index contributed by atoms with van der Waals surface area (Å²) in [5.41, 5.74) is 1.62. The molecule has 2 aliphatic heterocycles. The molecule has 0 saturated carbocycles. The Morgan fingerprint density at radius 3 is 2.83 bits per heavy atom. The number of oxazole rings is 1. The van der Waals surface area contributed by atoms with Crippen LogP contribution in [0.1, 0.15) is 23.2 Å². The number of rotatable bonds is 3. The van der Waals surface area contributed by atoms with Gasteiger partial charge in [-0.05, 0) is 44.1 Å². The van der Waals surface area contributed by atoms with E-state index in [4.69, 9.17) is 9.15 Å².